The number of carbonyl (C=O) groups is 2. The van der Waals surface area contributed by atoms with E-state index in [9.17, 15) is 23.6 Å². The molecule has 362 valence electrons. The fourth-order valence-corrected chi connectivity index (χ4v) is 11.8. The lowest BCUT2D eigenvalue weighted by Crippen LogP contribution is -2.74. The fraction of sp³-hybridized carbons (Fsp3) is 0.519. The molecule has 2 aromatic carbocycles. The summed E-state index contributed by atoms with van der Waals surface area (Å²) >= 11 is 6.25. The van der Waals surface area contributed by atoms with Gasteiger partial charge in [-0.2, -0.15) is 15.5 Å². The summed E-state index contributed by atoms with van der Waals surface area (Å²) < 4.78 is 38.1. The van der Waals surface area contributed by atoms with Crippen molar-refractivity contribution in [3.05, 3.63) is 92.6 Å². The summed E-state index contributed by atoms with van der Waals surface area (Å²) in [4.78, 5) is 41.4. The zero-order chi connectivity index (χ0) is 48.8. The fourth-order valence-electron chi connectivity index (χ4n) is 11.6. The highest BCUT2D eigenvalue weighted by atomic mass is 35.5. The van der Waals surface area contributed by atoms with E-state index in [0.29, 0.717) is 78.7 Å². The number of alkyl halides is 2. The van der Waals surface area contributed by atoms with Gasteiger partial charge in [0.15, 0.2) is 5.82 Å². The van der Waals surface area contributed by atoms with E-state index in [4.69, 9.17) is 21.4 Å². The number of nitrogens with one attached hydrogen (secondary N) is 1. The molecule has 0 spiro atoms. The number of nitrogens with zero attached hydrogens (tertiary/aromatic N) is 10. The Bertz CT molecular complexity index is 2730. The lowest BCUT2D eigenvalue weighted by atomic mass is 9.49. The summed E-state index contributed by atoms with van der Waals surface area (Å²) in [6.45, 7) is 14.8. The molecule has 1 saturated carbocycles. The zero-order valence-corrected chi connectivity index (χ0v) is 41.0. The number of nitriles is 1. The molecule has 1 atom stereocenters. The van der Waals surface area contributed by atoms with Crippen molar-refractivity contribution in [3.63, 3.8) is 0 Å². The van der Waals surface area contributed by atoms with Gasteiger partial charge < -0.3 is 24.8 Å². The van der Waals surface area contributed by atoms with Crippen LogP contribution in [0.4, 0.5) is 20.3 Å². The predicted octanol–water partition coefficient (Wildman–Crippen LogP) is 8.02. The van der Waals surface area contributed by atoms with Crippen molar-refractivity contribution in [3.8, 4) is 23.7 Å². The minimum atomic E-state index is -2.63. The number of halogens is 3. The molecule has 2 aromatic heterocycles. The van der Waals surface area contributed by atoms with E-state index in [2.05, 4.69) is 80.5 Å². The van der Waals surface area contributed by atoms with Crippen molar-refractivity contribution in [2.45, 2.75) is 117 Å². The number of hydrogen-bond acceptors (Lipinski definition) is 11. The molecule has 6 heterocycles. The number of likely N-dealkylation sites (N-methyl/N-ethyl adjacent to an activating group) is 1. The Kier molecular flexibility index (Phi) is 13.5. The molecule has 1 aliphatic carbocycles. The van der Waals surface area contributed by atoms with Gasteiger partial charge in [-0.3, -0.25) is 19.3 Å². The molecule has 9 rings (SSSR count). The van der Waals surface area contributed by atoms with Crippen molar-refractivity contribution < 1.29 is 23.1 Å². The number of fused-ring (bicyclic) bond motifs is 2. The molecule has 2 fully saturated rings. The first kappa shape index (κ1) is 47.9. The second-order valence-corrected chi connectivity index (χ2v) is 20.7. The Balaban J connectivity index is 0.790. The maximum atomic E-state index is 14.8. The second kappa shape index (κ2) is 19.4. The van der Waals surface area contributed by atoms with E-state index in [0.717, 1.165) is 73.6 Å². The van der Waals surface area contributed by atoms with E-state index in [1.807, 2.05) is 18.0 Å². The third kappa shape index (κ3) is 9.50. The van der Waals surface area contributed by atoms with Gasteiger partial charge in [-0.05, 0) is 55.0 Å². The highest BCUT2D eigenvalue weighted by Gasteiger charge is 2.64. The Morgan fingerprint density at radius 2 is 1.77 bits per heavy atom. The minimum absolute atomic E-state index is 0.0155. The quantitative estimate of drug-likeness (QED) is 0.147. The number of amides is 2. The number of benzene rings is 2. The molecule has 14 nitrogen and oxygen atoms in total. The van der Waals surface area contributed by atoms with Gasteiger partial charge in [0.05, 0.1) is 35.2 Å². The smallest absolute Gasteiger partial charge is 0.264 e. The van der Waals surface area contributed by atoms with Crippen LogP contribution < -0.4 is 15.0 Å². The first-order valence-corrected chi connectivity index (χ1v) is 24.4. The van der Waals surface area contributed by atoms with Crippen LogP contribution in [0, 0.1) is 34.0 Å². The van der Waals surface area contributed by atoms with Crippen molar-refractivity contribution in [1.82, 2.24) is 39.9 Å². The topological polar surface area (TPSA) is 148 Å². The van der Waals surface area contributed by atoms with Gasteiger partial charge >= 0.3 is 0 Å². The monoisotopic (exact) mass is 959 g/mol. The van der Waals surface area contributed by atoms with Crippen LogP contribution in [0.25, 0.3) is 0 Å². The number of likely N-dealkylation sites (tertiary alicyclic amines) is 1. The largest absolute Gasteiger partial charge is 0.489 e. The first-order chi connectivity index (χ1) is 33.0. The highest BCUT2D eigenvalue weighted by Crippen LogP contribution is 2.56. The van der Waals surface area contributed by atoms with E-state index in [1.54, 1.807) is 54.8 Å². The standard InChI is InChI=1S/C52H60ClF2N11O3/c1-32(67)64-22-17-43-41(31-64)47(65-19-10-11-33-23-39(36-29-59-62(6)30-36)40(46(54)55)25-44(33)65)61-66(43)37-15-20-63(21-16-37)18-9-7-8-12-45-57-27-35(28-58-45)48(68)60-49-51(2,3)50(52(49,4)5)69-38-14-13-34(26-56)42(53)24-38/h13-14,23-25,27-29,36-37,46,49-50H,9-12,15-22,30-31H2,1-6H3,(H,60,68). The molecule has 69 heavy (non-hydrogen) atoms. The number of hydrazone groups is 1. The molecule has 1 unspecified atom stereocenters. The van der Waals surface area contributed by atoms with Crippen LogP contribution in [0.2, 0.25) is 5.02 Å². The maximum absolute atomic E-state index is 14.8. The molecule has 4 aliphatic heterocycles. The third-order valence-corrected chi connectivity index (χ3v) is 15.2. The van der Waals surface area contributed by atoms with Gasteiger partial charge in [-0.25, -0.2) is 18.7 Å². The molecule has 5 aliphatic rings. The van der Waals surface area contributed by atoms with E-state index >= 15 is 0 Å². The second-order valence-electron chi connectivity index (χ2n) is 20.3. The molecular formula is C52H60ClF2N11O3. The summed E-state index contributed by atoms with van der Waals surface area (Å²) in [7, 11) is 1.86. The highest BCUT2D eigenvalue weighted by molar-refractivity contribution is 6.31. The Labute approximate surface area is 408 Å². The van der Waals surface area contributed by atoms with Gasteiger partial charge in [0.25, 0.3) is 12.3 Å². The molecular weight excluding hydrogens is 900 g/mol. The van der Waals surface area contributed by atoms with Gasteiger partial charge in [-0.1, -0.05) is 51.3 Å². The van der Waals surface area contributed by atoms with Crippen LogP contribution in [-0.4, -0.2) is 111 Å². The Morgan fingerprint density at radius 3 is 2.43 bits per heavy atom. The molecule has 17 heteroatoms. The average molecular weight is 961 g/mol. The summed E-state index contributed by atoms with van der Waals surface area (Å²) in [6.07, 6.45) is 7.27. The number of ether oxygens (including phenoxy) is 1. The molecule has 4 aromatic rings. The van der Waals surface area contributed by atoms with Crippen LogP contribution in [0.3, 0.4) is 0 Å². The Hall–Kier alpha value is -6.10. The predicted molar refractivity (Wildman–Crippen MR) is 260 cm³/mol. The van der Waals surface area contributed by atoms with Gasteiger partial charge in [-0.15, -0.1) is 5.92 Å². The molecule has 1 N–H and O–H groups in total. The lowest BCUT2D eigenvalue weighted by Gasteiger charge is -2.63. The molecule has 0 radical (unpaired) electrons. The van der Waals surface area contributed by atoms with Crippen molar-refractivity contribution in [2.75, 3.05) is 51.2 Å². The zero-order valence-electron chi connectivity index (χ0n) is 40.2. The van der Waals surface area contributed by atoms with Crippen molar-refractivity contribution in [1.29, 1.82) is 5.26 Å². The molecule has 0 bridgehead atoms. The van der Waals surface area contributed by atoms with Crippen LogP contribution in [0.15, 0.2) is 47.8 Å². The molecule has 2 amide bonds. The average Bonchev–Trinajstić information content (AvgIpc) is 3.95. The number of hydrogen-bond donors (Lipinski definition) is 1. The van der Waals surface area contributed by atoms with E-state index in [-0.39, 0.29) is 41.5 Å². The summed E-state index contributed by atoms with van der Waals surface area (Å²) in [5.41, 5.74) is 4.62. The number of carbonyl (C=O) groups excluding carboxylic acids is 2. The molecule has 1 saturated heterocycles. The van der Waals surface area contributed by atoms with E-state index in [1.165, 1.54) is 0 Å². The maximum Gasteiger partial charge on any atom is 0.264 e. The lowest BCUT2D eigenvalue weighted by molar-refractivity contribution is -0.164. The van der Waals surface area contributed by atoms with Crippen molar-refractivity contribution >= 4 is 41.1 Å². The van der Waals surface area contributed by atoms with Gasteiger partial charge in [0, 0.05) is 136 Å². The number of piperidine rings is 1. The SMILES string of the molecule is CC(=O)N1CCc2c(c(N3CCCc4cc(C5C=NN(C)C5)c(C(F)F)cc43)nn2C2CCN(CCC#CCc3ncc(C(=O)NC4C(C)(C)C(Oc5ccc(C#N)c(Cl)c5)C4(C)C)cn3)CC2)C1. The van der Waals surface area contributed by atoms with Crippen LogP contribution in [0.1, 0.15) is 128 Å². The number of rotatable bonds is 11. The third-order valence-electron chi connectivity index (χ3n) is 14.9. The number of aromatic nitrogens is 4. The first-order valence-electron chi connectivity index (χ1n) is 24.0. The summed E-state index contributed by atoms with van der Waals surface area (Å²) in [6, 6.07) is 10.7. The Morgan fingerprint density at radius 1 is 1.01 bits per heavy atom. The summed E-state index contributed by atoms with van der Waals surface area (Å²) in [5.74, 6) is 7.97. The van der Waals surface area contributed by atoms with Crippen LogP contribution in [0.5, 0.6) is 5.75 Å². The van der Waals surface area contributed by atoms with Crippen LogP contribution in [-0.2, 0) is 30.6 Å². The van der Waals surface area contributed by atoms with Gasteiger partial charge in [0.2, 0.25) is 5.91 Å². The van der Waals surface area contributed by atoms with Crippen molar-refractivity contribution in [2.24, 2.45) is 15.9 Å². The van der Waals surface area contributed by atoms with E-state index < -0.39 is 17.3 Å². The summed E-state index contributed by atoms with van der Waals surface area (Å²) in [5, 5.41) is 24.2. The minimum Gasteiger partial charge on any atom is -0.489 e. The normalized spacial score (nSPS) is 21.8. The number of anilines is 2. The number of aryl methyl sites for hydroxylation is 1. The van der Waals surface area contributed by atoms with Crippen LogP contribution >= 0.6 is 11.6 Å². The van der Waals surface area contributed by atoms with Gasteiger partial charge in [0.1, 0.15) is 23.7 Å².